The van der Waals surface area contributed by atoms with E-state index in [-0.39, 0.29) is 47.7 Å². The summed E-state index contributed by atoms with van der Waals surface area (Å²) in [6.45, 7) is 9.09. The van der Waals surface area contributed by atoms with Crippen molar-refractivity contribution in [2.75, 3.05) is 18.6 Å². The molecule has 0 aliphatic rings. The van der Waals surface area contributed by atoms with E-state index in [0.29, 0.717) is 31.0 Å². The molecule has 0 bridgehead atoms. The SMILES string of the molecule is CCNC(=NCc1ccc(C(=O)NC(C)CC)cc1)NC(C)CCS(C)(=O)=O.I. The zero-order valence-corrected chi connectivity index (χ0v) is 21.1. The molecule has 2 atom stereocenters. The number of benzene rings is 1. The van der Waals surface area contributed by atoms with Crippen LogP contribution in [-0.4, -0.2) is 50.9 Å². The van der Waals surface area contributed by atoms with Gasteiger partial charge in [0.1, 0.15) is 9.84 Å². The van der Waals surface area contributed by atoms with E-state index in [1.807, 2.05) is 39.8 Å². The van der Waals surface area contributed by atoms with Crippen LogP contribution in [0.2, 0.25) is 0 Å². The van der Waals surface area contributed by atoms with Crippen molar-refractivity contribution in [2.45, 2.75) is 59.2 Å². The predicted octanol–water partition coefficient (Wildman–Crippen LogP) is 2.71. The summed E-state index contributed by atoms with van der Waals surface area (Å²) >= 11 is 0. The molecule has 0 radical (unpaired) electrons. The van der Waals surface area contributed by atoms with Crippen molar-refractivity contribution in [1.82, 2.24) is 16.0 Å². The van der Waals surface area contributed by atoms with Gasteiger partial charge in [-0.05, 0) is 51.3 Å². The Balaban J connectivity index is 0.00000784. The second-order valence-electron chi connectivity index (χ2n) is 7.14. The van der Waals surface area contributed by atoms with E-state index in [1.165, 1.54) is 6.26 Å². The van der Waals surface area contributed by atoms with Crippen LogP contribution in [-0.2, 0) is 16.4 Å². The van der Waals surface area contributed by atoms with Crippen molar-refractivity contribution >= 4 is 45.7 Å². The lowest BCUT2D eigenvalue weighted by atomic mass is 10.1. The molecule has 0 aliphatic carbocycles. The molecular formula is C20H35IN4O3S. The molecule has 7 nitrogen and oxygen atoms in total. The van der Waals surface area contributed by atoms with Crippen LogP contribution in [0.4, 0.5) is 0 Å². The molecule has 0 spiro atoms. The van der Waals surface area contributed by atoms with Crippen LogP contribution in [0.25, 0.3) is 0 Å². The molecule has 1 rings (SSSR count). The molecule has 1 amide bonds. The van der Waals surface area contributed by atoms with E-state index in [4.69, 9.17) is 0 Å². The number of halogens is 1. The van der Waals surface area contributed by atoms with Gasteiger partial charge in [0.05, 0.1) is 12.3 Å². The summed E-state index contributed by atoms with van der Waals surface area (Å²) in [5.74, 6) is 0.710. The number of rotatable bonds is 10. The maximum Gasteiger partial charge on any atom is 0.251 e. The zero-order valence-electron chi connectivity index (χ0n) is 18.0. The number of guanidine groups is 1. The van der Waals surface area contributed by atoms with Gasteiger partial charge in [-0.3, -0.25) is 4.79 Å². The molecule has 0 aliphatic heterocycles. The molecule has 0 saturated carbocycles. The van der Waals surface area contributed by atoms with Gasteiger partial charge in [-0.15, -0.1) is 24.0 Å². The molecule has 2 unspecified atom stereocenters. The summed E-state index contributed by atoms with van der Waals surface area (Å²) in [5, 5.41) is 9.34. The predicted molar refractivity (Wildman–Crippen MR) is 131 cm³/mol. The van der Waals surface area contributed by atoms with Gasteiger partial charge in [-0.25, -0.2) is 13.4 Å². The molecule has 29 heavy (non-hydrogen) atoms. The van der Waals surface area contributed by atoms with Crippen molar-refractivity contribution in [3.8, 4) is 0 Å². The Kier molecular flexibility index (Phi) is 13.1. The number of nitrogens with zero attached hydrogens (tertiary/aromatic N) is 1. The van der Waals surface area contributed by atoms with E-state index in [9.17, 15) is 13.2 Å². The maximum absolute atomic E-state index is 12.1. The molecule has 3 N–H and O–H groups in total. The second kappa shape index (κ2) is 13.8. The Bertz CT molecular complexity index is 751. The van der Waals surface area contributed by atoms with E-state index in [0.717, 1.165) is 12.0 Å². The molecule has 166 valence electrons. The van der Waals surface area contributed by atoms with Crippen molar-refractivity contribution in [2.24, 2.45) is 4.99 Å². The first kappa shape index (κ1) is 27.6. The fourth-order valence-corrected chi connectivity index (χ4v) is 3.14. The van der Waals surface area contributed by atoms with E-state index < -0.39 is 9.84 Å². The molecule has 0 fully saturated rings. The van der Waals surface area contributed by atoms with Gasteiger partial charge < -0.3 is 16.0 Å². The number of nitrogens with one attached hydrogen (secondary N) is 3. The van der Waals surface area contributed by atoms with Crippen LogP contribution >= 0.6 is 24.0 Å². The lowest BCUT2D eigenvalue weighted by molar-refractivity contribution is 0.0939. The number of aliphatic imine (C=N–C) groups is 1. The highest BCUT2D eigenvalue weighted by Gasteiger charge is 2.10. The molecular weight excluding hydrogens is 503 g/mol. The van der Waals surface area contributed by atoms with Gasteiger partial charge in [-0.1, -0.05) is 19.1 Å². The minimum absolute atomic E-state index is 0. The first-order valence-corrected chi connectivity index (χ1v) is 11.8. The first-order chi connectivity index (χ1) is 13.1. The van der Waals surface area contributed by atoms with Crippen LogP contribution in [0, 0.1) is 0 Å². The number of carbonyl (C=O) groups is 1. The number of hydrogen-bond donors (Lipinski definition) is 3. The van der Waals surface area contributed by atoms with Crippen molar-refractivity contribution < 1.29 is 13.2 Å². The third-order valence-electron chi connectivity index (χ3n) is 4.27. The van der Waals surface area contributed by atoms with E-state index in [2.05, 4.69) is 20.9 Å². The highest BCUT2D eigenvalue weighted by molar-refractivity contribution is 14.0. The monoisotopic (exact) mass is 538 g/mol. The minimum Gasteiger partial charge on any atom is -0.357 e. The number of sulfone groups is 1. The van der Waals surface area contributed by atoms with Gasteiger partial charge in [0, 0.05) is 30.4 Å². The summed E-state index contributed by atoms with van der Waals surface area (Å²) in [5.41, 5.74) is 1.62. The maximum atomic E-state index is 12.1. The van der Waals surface area contributed by atoms with Gasteiger partial charge >= 0.3 is 0 Å². The standard InChI is InChI=1S/C20H34N4O3S.HI/c1-6-15(3)23-19(25)18-10-8-17(9-11-18)14-22-20(21-7-2)24-16(4)12-13-28(5,26)27;/h8-11,15-16H,6-7,12-14H2,1-5H3,(H,23,25)(H2,21,22,24);1H. The molecule has 0 heterocycles. The summed E-state index contributed by atoms with van der Waals surface area (Å²) < 4.78 is 22.6. The Morgan fingerprint density at radius 2 is 1.69 bits per heavy atom. The van der Waals surface area contributed by atoms with E-state index >= 15 is 0 Å². The van der Waals surface area contributed by atoms with Crippen LogP contribution in [0.5, 0.6) is 0 Å². The lowest BCUT2D eigenvalue weighted by Gasteiger charge is -2.17. The summed E-state index contributed by atoms with van der Waals surface area (Å²) in [6.07, 6.45) is 2.65. The van der Waals surface area contributed by atoms with Crippen molar-refractivity contribution in [3.63, 3.8) is 0 Å². The third-order valence-corrected chi connectivity index (χ3v) is 5.25. The Hall–Kier alpha value is -1.36. The highest BCUT2D eigenvalue weighted by atomic mass is 127. The van der Waals surface area contributed by atoms with Gasteiger partial charge in [0.25, 0.3) is 5.91 Å². The Morgan fingerprint density at radius 1 is 1.07 bits per heavy atom. The number of amides is 1. The Labute approximate surface area is 192 Å². The largest absolute Gasteiger partial charge is 0.357 e. The zero-order chi connectivity index (χ0) is 21.2. The lowest BCUT2D eigenvalue weighted by Crippen LogP contribution is -2.42. The quantitative estimate of drug-likeness (QED) is 0.242. The van der Waals surface area contributed by atoms with E-state index in [1.54, 1.807) is 12.1 Å². The van der Waals surface area contributed by atoms with Gasteiger partial charge in [-0.2, -0.15) is 0 Å². The molecule has 1 aromatic carbocycles. The van der Waals surface area contributed by atoms with Crippen LogP contribution in [0.15, 0.2) is 29.3 Å². The van der Waals surface area contributed by atoms with Crippen LogP contribution < -0.4 is 16.0 Å². The summed E-state index contributed by atoms with van der Waals surface area (Å²) in [4.78, 5) is 16.7. The van der Waals surface area contributed by atoms with Crippen molar-refractivity contribution in [3.05, 3.63) is 35.4 Å². The molecule has 0 saturated heterocycles. The highest BCUT2D eigenvalue weighted by Crippen LogP contribution is 2.07. The van der Waals surface area contributed by atoms with Gasteiger partial charge in [0.2, 0.25) is 0 Å². The fraction of sp³-hybridized carbons (Fsp3) is 0.600. The first-order valence-electron chi connectivity index (χ1n) is 9.77. The molecule has 0 aromatic heterocycles. The van der Waals surface area contributed by atoms with Crippen LogP contribution in [0.1, 0.15) is 56.5 Å². The number of hydrogen-bond acceptors (Lipinski definition) is 4. The second-order valence-corrected chi connectivity index (χ2v) is 9.40. The molecule has 9 heteroatoms. The normalized spacial score (nSPS) is 13.8. The summed E-state index contributed by atoms with van der Waals surface area (Å²) in [6, 6.07) is 7.53. The smallest absolute Gasteiger partial charge is 0.251 e. The average molecular weight is 538 g/mol. The topological polar surface area (TPSA) is 99.7 Å². The van der Waals surface area contributed by atoms with Crippen molar-refractivity contribution in [1.29, 1.82) is 0 Å². The van der Waals surface area contributed by atoms with Gasteiger partial charge in [0.15, 0.2) is 5.96 Å². The minimum atomic E-state index is -2.98. The average Bonchev–Trinajstić information content (AvgIpc) is 2.64. The fourth-order valence-electron chi connectivity index (χ4n) is 2.36. The third kappa shape index (κ3) is 12.0. The summed E-state index contributed by atoms with van der Waals surface area (Å²) in [7, 11) is -2.98. The Morgan fingerprint density at radius 3 is 2.21 bits per heavy atom. The molecule has 1 aromatic rings. The van der Waals surface area contributed by atoms with Crippen LogP contribution in [0.3, 0.4) is 0 Å². The number of carbonyl (C=O) groups excluding carboxylic acids is 1.